The molecule has 0 saturated carbocycles. The number of nitrogens with one attached hydrogen (secondary N) is 1. The largest absolute Gasteiger partial charge is 0.497 e. The molecule has 19 heavy (non-hydrogen) atoms. The zero-order chi connectivity index (χ0) is 13.8. The van der Waals surface area contributed by atoms with Crippen molar-refractivity contribution in [1.29, 1.82) is 0 Å². The number of carbonyl (C=O) groups is 1. The first kappa shape index (κ1) is 13.1. The molecule has 100 valence electrons. The summed E-state index contributed by atoms with van der Waals surface area (Å²) in [6, 6.07) is 9.20. The Hall–Kier alpha value is -2.34. The van der Waals surface area contributed by atoms with Gasteiger partial charge in [-0.05, 0) is 37.3 Å². The number of nitrogen functional groups attached to an aromatic ring is 1. The zero-order valence-electron chi connectivity index (χ0n) is 10.9. The van der Waals surface area contributed by atoms with Crippen LogP contribution in [-0.4, -0.2) is 22.8 Å². The third-order valence-electron chi connectivity index (χ3n) is 2.83. The highest BCUT2D eigenvalue weighted by Crippen LogP contribution is 2.22. The highest BCUT2D eigenvalue weighted by molar-refractivity contribution is 5.93. The van der Waals surface area contributed by atoms with Gasteiger partial charge in [0, 0.05) is 12.1 Å². The van der Waals surface area contributed by atoms with Crippen LogP contribution in [0.3, 0.4) is 0 Å². The number of methoxy groups -OCH3 is 1. The normalized spacial score (nSPS) is 10.3. The molecule has 0 spiro atoms. The SMILES string of the molecule is CCn1nc(-c2ccc(OC)cc2)cc1C(=O)NN. The van der Waals surface area contributed by atoms with Crippen molar-refractivity contribution in [2.45, 2.75) is 13.5 Å². The lowest BCUT2D eigenvalue weighted by Gasteiger charge is -2.01. The maximum absolute atomic E-state index is 11.6. The lowest BCUT2D eigenvalue weighted by Crippen LogP contribution is -2.31. The third kappa shape index (κ3) is 2.58. The van der Waals surface area contributed by atoms with Gasteiger partial charge in [0.25, 0.3) is 5.91 Å². The Morgan fingerprint density at radius 1 is 1.42 bits per heavy atom. The van der Waals surface area contributed by atoms with Crippen LogP contribution in [0.4, 0.5) is 0 Å². The molecule has 1 aromatic carbocycles. The molecule has 0 atom stereocenters. The summed E-state index contributed by atoms with van der Waals surface area (Å²) >= 11 is 0. The van der Waals surface area contributed by atoms with E-state index >= 15 is 0 Å². The van der Waals surface area contributed by atoms with Gasteiger partial charge in [0.1, 0.15) is 11.4 Å². The maximum atomic E-state index is 11.6. The number of rotatable bonds is 4. The maximum Gasteiger partial charge on any atom is 0.283 e. The smallest absolute Gasteiger partial charge is 0.283 e. The quantitative estimate of drug-likeness (QED) is 0.491. The van der Waals surface area contributed by atoms with E-state index in [9.17, 15) is 4.79 Å². The summed E-state index contributed by atoms with van der Waals surface area (Å²) in [6.07, 6.45) is 0. The Bertz CT molecular complexity index is 575. The number of nitrogens with two attached hydrogens (primary N) is 1. The molecule has 0 aliphatic rings. The van der Waals surface area contributed by atoms with Crippen molar-refractivity contribution < 1.29 is 9.53 Å². The fourth-order valence-corrected chi connectivity index (χ4v) is 1.82. The number of ether oxygens (including phenoxy) is 1. The van der Waals surface area contributed by atoms with Crippen LogP contribution in [0.15, 0.2) is 30.3 Å². The van der Waals surface area contributed by atoms with Crippen LogP contribution >= 0.6 is 0 Å². The Morgan fingerprint density at radius 3 is 2.63 bits per heavy atom. The minimum Gasteiger partial charge on any atom is -0.497 e. The van der Waals surface area contributed by atoms with Crippen molar-refractivity contribution in [3.05, 3.63) is 36.0 Å². The first-order chi connectivity index (χ1) is 9.19. The molecule has 0 fully saturated rings. The summed E-state index contributed by atoms with van der Waals surface area (Å²) in [5.41, 5.74) is 4.20. The first-order valence-corrected chi connectivity index (χ1v) is 5.92. The summed E-state index contributed by atoms with van der Waals surface area (Å²) < 4.78 is 6.72. The Kier molecular flexibility index (Phi) is 3.82. The number of hydrogen-bond donors (Lipinski definition) is 2. The van der Waals surface area contributed by atoms with E-state index in [2.05, 4.69) is 10.5 Å². The first-order valence-electron chi connectivity index (χ1n) is 5.92. The molecule has 6 heteroatoms. The molecule has 1 aromatic heterocycles. The van der Waals surface area contributed by atoms with Crippen LogP contribution in [0.1, 0.15) is 17.4 Å². The summed E-state index contributed by atoms with van der Waals surface area (Å²) in [6.45, 7) is 2.51. The minimum atomic E-state index is -0.353. The van der Waals surface area contributed by atoms with Gasteiger partial charge >= 0.3 is 0 Å². The average molecular weight is 260 g/mol. The van der Waals surface area contributed by atoms with Gasteiger partial charge in [0.2, 0.25) is 0 Å². The van der Waals surface area contributed by atoms with Crippen LogP contribution in [0, 0.1) is 0 Å². The molecule has 0 aliphatic heterocycles. The molecular formula is C13H16N4O2. The number of aryl methyl sites for hydroxylation is 1. The number of carbonyl (C=O) groups excluding carboxylic acids is 1. The highest BCUT2D eigenvalue weighted by Gasteiger charge is 2.14. The lowest BCUT2D eigenvalue weighted by atomic mass is 10.1. The summed E-state index contributed by atoms with van der Waals surface area (Å²) in [5.74, 6) is 5.58. The van der Waals surface area contributed by atoms with Crippen LogP contribution in [0.5, 0.6) is 5.75 Å². The molecule has 0 bridgehead atoms. The predicted octanol–water partition coefficient (Wildman–Crippen LogP) is 1.18. The van der Waals surface area contributed by atoms with Gasteiger partial charge in [-0.2, -0.15) is 5.10 Å². The number of nitrogens with zero attached hydrogens (tertiary/aromatic N) is 2. The molecule has 0 saturated heterocycles. The molecule has 0 aliphatic carbocycles. The standard InChI is InChI=1S/C13H16N4O2/c1-3-17-12(13(18)15-14)8-11(16-17)9-4-6-10(19-2)7-5-9/h4-8H,3,14H2,1-2H3,(H,15,18). The summed E-state index contributed by atoms with van der Waals surface area (Å²) in [7, 11) is 1.62. The Morgan fingerprint density at radius 2 is 2.11 bits per heavy atom. The number of amides is 1. The molecule has 2 aromatic rings. The van der Waals surface area contributed by atoms with Gasteiger partial charge in [-0.25, -0.2) is 5.84 Å². The van der Waals surface area contributed by atoms with E-state index in [1.807, 2.05) is 31.2 Å². The second-order valence-electron chi connectivity index (χ2n) is 3.93. The fraction of sp³-hybridized carbons (Fsp3) is 0.231. The van der Waals surface area contributed by atoms with E-state index in [4.69, 9.17) is 10.6 Å². The van der Waals surface area contributed by atoms with Crippen molar-refractivity contribution >= 4 is 5.91 Å². The van der Waals surface area contributed by atoms with Gasteiger partial charge < -0.3 is 4.74 Å². The number of hydrazine groups is 1. The van der Waals surface area contributed by atoms with Crippen LogP contribution in [0.2, 0.25) is 0 Å². The van der Waals surface area contributed by atoms with Crippen molar-refractivity contribution in [1.82, 2.24) is 15.2 Å². The Labute approximate surface area is 111 Å². The molecular weight excluding hydrogens is 244 g/mol. The van der Waals surface area contributed by atoms with E-state index in [1.165, 1.54) is 0 Å². The van der Waals surface area contributed by atoms with Crippen molar-refractivity contribution in [3.8, 4) is 17.0 Å². The second kappa shape index (κ2) is 5.53. The summed E-state index contributed by atoms with van der Waals surface area (Å²) in [5, 5.41) is 4.38. The molecule has 0 unspecified atom stereocenters. The highest BCUT2D eigenvalue weighted by atomic mass is 16.5. The molecule has 1 heterocycles. The van der Waals surface area contributed by atoms with Gasteiger partial charge in [0.05, 0.1) is 12.8 Å². The monoisotopic (exact) mass is 260 g/mol. The minimum absolute atomic E-state index is 0.353. The second-order valence-corrected chi connectivity index (χ2v) is 3.93. The predicted molar refractivity (Wildman–Crippen MR) is 71.5 cm³/mol. The number of hydrogen-bond acceptors (Lipinski definition) is 4. The average Bonchev–Trinajstić information content (AvgIpc) is 2.90. The van der Waals surface area contributed by atoms with E-state index in [0.717, 1.165) is 17.0 Å². The number of aromatic nitrogens is 2. The van der Waals surface area contributed by atoms with Crippen LogP contribution < -0.4 is 16.0 Å². The van der Waals surface area contributed by atoms with Gasteiger partial charge in [-0.3, -0.25) is 14.9 Å². The van der Waals surface area contributed by atoms with E-state index in [0.29, 0.717) is 12.2 Å². The van der Waals surface area contributed by atoms with Crippen molar-refractivity contribution in [3.63, 3.8) is 0 Å². The summed E-state index contributed by atoms with van der Waals surface area (Å²) in [4.78, 5) is 11.6. The molecule has 1 amide bonds. The zero-order valence-corrected chi connectivity index (χ0v) is 10.9. The van der Waals surface area contributed by atoms with Crippen molar-refractivity contribution in [2.24, 2.45) is 5.84 Å². The third-order valence-corrected chi connectivity index (χ3v) is 2.83. The lowest BCUT2D eigenvalue weighted by molar-refractivity contribution is 0.0943. The van der Waals surface area contributed by atoms with Gasteiger partial charge in [-0.1, -0.05) is 0 Å². The van der Waals surface area contributed by atoms with Crippen LogP contribution in [-0.2, 0) is 6.54 Å². The molecule has 2 rings (SSSR count). The van der Waals surface area contributed by atoms with Gasteiger partial charge in [-0.15, -0.1) is 0 Å². The topological polar surface area (TPSA) is 82.2 Å². The Balaban J connectivity index is 2.39. The van der Waals surface area contributed by atoms with E-state index < -0.39 is 0 Å². The molecule has 6 nitrogen and oxygen atoms in total. The van der Waals surface area contributed by atoms with E-state index in [-0.39, 0.29) is 5.91 Å². The fourth-order valence-electron chi connectivity index (χ4n) is 1.82. The molecule has 0 radical (unpaired) electrons. The van der Waals surface area contributed by atoms with Crippen molar-refractivity contribution in [2.75, 3.05) is 7.11 Å². The van der Waals surface area contributed by atoms with Gasteiger partial charge in [0.15, 0.2) is 0 Å². The van der Waals surface area contributed by atoms with Crippen LogP contribution in [0.25, 0.3) is 11.3 Å². The number of benzene rings is 1. The molecule has 3 N–H and O–H groups in total. The van der Waals surface area contributed by atoms with E-state index in [1.54, 1.807) is 17.9 Å².